The van der Waals surface area contributed by atoms with Crippen LogP contribution >= 0.6 is 0 Å². The second kappa shape index (κ2) is 8.41. The van der Waals surface area contributed by atoms with Crippen LogP contribution in [0.15, 0.2) is 31.0 Å². The summed E-state index contributed by atoms with van der Waals surface area (Å²) in [4.78, 5) is 27.4. The Kier molecular flexibility index (Phi) is 5.98. The van der Waals surface area contributed by atoms with Crippen LogP contribution in [0, 0.1) is 5.92 Å². The first-order chi connectivity index (χ1) is 13.0. The van der Waals surface area contributed by atoms with Gasteiger partial charge in [-0.25, -0.2) is 15.0 Å². The van der Waals surface area contributed by atoms with Gasteiger partial charge in [-0.2, -0.15) is 0 Å². The van der Waals surface area contributed by atoms with Crippen LogP contribution in [0.2, 0.25) is 0 Å². The van der Waals surface area contributed by atoms with E-state index in [1.807, 2.05) is 20.9 Å². The molecule has 1 aliphatic rings. The highest BCUT2D eigenvalue weighted by atomic mass is 16.5. The van der Waals surface area contributed by atoms with Gasteiger partial charge in [-0.1, -0.05) is 6.92 Å². The SMILES string of the molecule is CNC[C@H]1Oc2ncc(-c3cncnc3)cc2C(=O)N([C@H](C)CO)C[C@@H]1C. The normalized spacial score (nSPS) is 21.0. The van der Waals surface area contributed by atoms with Gasteiger partial charge in [-0.3, -0.25) is 4.79 Å². The van der Waals surface area contributed by atoms with Crippen molar-refractivity contribution in [3.63, 3.8) is 0 Å². The molecule has 0 spiro atoms. The molecule has 0 bridgehead atoms. The minimum Gasteiger partial charge on any atom is -0.472 e. The van der Waals surface area contributed by atoms with Gasteiger partial charge in [-0.15, -0.1) is 0 Å². The molecule has 2 aromatic rings. The molecule has 0 aliphatic carbocycles. The minimum atomic E-state index is -0.301. The molecular formula is C19H25N5O3. The summed E-state index contributed by atoms with van der Waals surface area (Å²) >= 11 is 0. The largest absolute Gasteiger partial charge is 0.472 e. The Balaban J connectivity index is 2.07. The fourth-order valence-corrected chi connectivity index (χ4v) is 3.15. The molecule has 3 atom stereocenters. The predicted octanol–water partition coefficient (Wildman–Crippen LogP) is 0.978. The third kappa shape index (κ3) is 4.06. The van der Waals surface area contributed by atoms with Crippen molar-refractivity contribution in [2.45, 2.75) is 26.0 Å². The lowest BCUT2D eigenvalue weighted by molar-refractivity contribution is 0.0404. The Hall–Kier alpha value is -2.58. The van der Waals surface area contributed by atoms with E-state index in [4.69, 9.17) is 4.74 Å². The highest BCUT2D eigenvalue weighted by molar-refractivity contribution is 5.97. The number of pyridine rings is 1. The molecule has 8 nitrogen and oxygen atoms in total. The lowest BCUT2D eigenvalue weighted by Crippen LogP contribution is -2.49. The molecule has 1 aliphatic heterocycles. The Bertz CT molecular complexity index is 786. The molecule has 8 heteroatoms. The van der Waals surface area contributed by atoms with Crippen LogP contribution in [0.5, 0.6) is 5.88 Å². The summed E-state index contributed by atoms with van der Waals surface area (Å²) in [6.07, 6.45) is 6.31. The molecule has 1 amide bonds. The first kappa shape index (κ1) is 19.2. The van der Waals surface area contributed by atoms with E-state index in [1.165, 1.54) is 6.33 Å². The number of rotatable bonds is 5. The average Bonchev–Trinajstić information content (AvgIpc) is 2.70. The summed E-state index contributed by atoms with van der Waals surface area (Å²) in [7, 11) is 1.86. The predicted molar refractivity (Wildman–Crippen MR) is 100 cm³/mol. The van der Waals surface area contributed by atoms with E-state index < -0.39 is 0 Å². The second-order valence-corrected chi connectivity index (χ2v) is 6.88. The van der Waals surface area contributed by atoms with Crippen molar-refractivity contribution in [2.24, 2.45) is 5.92 Å². The van der Waals surface area contributed by atoms with E-state index in [0.29, 0.717) is 24.5 Å². The first-order valence-electron chi connectivity index (χ1n) is 9.03. The lowest BCUT2D eigenvalue weighted by Gasteiger charge is -2.36. The van der Waals surface area contributed by atoms with E-state index in [-0.39, 0.29) is 30.6 Å². The van der Waals surface area contributed by atoms with Crippen molar-refractivity contribution in [2.75, 3.05) is 26.7 Å². The number of carbonyl (C=O) groups is 1. The van der Waals surface area contributed by atoms with Crippen molar-refractivity contribution < 1.29 is 14.6 Å². The Morgan fingerprint density at radius 1 is 1.33 bits per heavy atom. The van der Waals surface area contributed by atoms with Crippen LogP contribution < -0.4 is 10.1 Å². The van der Waals surface area contributed by atoms with E-state index in [0.717, 1.165) is 11.1 Å². The number of ether oxygens (including phenoxy) is 1. The number of hydrogen-bond donors (Lipinski definition) is 2. The fraction of sp³-hybridized carbons (Fsp3) is 0.474. The zero-order chi connectivity index (χ0) is 19.4. The molecule has 144 valence electrons. The van der Waals surface area contributed by atoms with Gasteiger partial charge in [-0.05, 0) is 20.0 Å². The first-order valence-corrected chi connectivity index (χ1v) is 9.03. The average molecular weight is 371 g/mol. The summed E-state index contributed by atoms with van der Waals surface area (Å²) in [6.45, 7) is 4.89. The maximum absolute atomic E-state index is 13.2. The van der Waals surface area contributed by atoms with Gasteiger partial charge >= 0.3 is 0 Å². The summed E-state index contributed by atoms with van der Waals surface area (Å²) in [6, 6.07) is 1.46. The molecule has 3 heterocycles. The number of aromatic nitrogens is 3. The molecular weight excluding hydrogens is 346 g/mol. The fourth-order valence-electron chi connectivity index (χ4n) is 3.15. The van der Waals surface area contributed by atoms with Crippen molar-refractivity contribution in [3.8, 4) is 17.0 Å². The molecule has 0 saturated carbocycles. The number of likely N-dealkylation sites (N-methyl/N-ethyl adjacent to an activating group) is 1. The van der Waals surface area contributed by atoms with Crippen molar-refractivity contribution >= 4 is 5.91 Å². The number of carbonyl (C=O) groups excluding carboxylic acids is 1. The third-order valence-corrected chi connectivity index (χ3v) is 4.82. The standard InChI is InChI=1S/C19H25N5O3/c1-12-9-24(13(2)10-25)19(26)16-4-14(15-5-21-11-22-6-15)7-23-18(16)27-17(12)8-20-3/h4-7,11-13,17,20,25H,8-10H2,1-3H3/t12-,13+,17+/m0/s1. The smallest absolute Gasteiger partial charge is 0.259 e. The molecule has 0 aromatic carbocycles. The topological polar surface area (TPSA) is 100 Å². The number of nitrogens with one attached hydrogen (secondary N) is 1. The minimum absolute atomic E-state index is 0.0764. The summed E-state index contributed by atoms with van der Waals surface area (Å²) in [5.41, 5.74) is 1.89. The Morgan fingerprint density at radius 3 is 2.74 bits per heavy atom. The molecule has 2 N–H and O–H groups in total. The summed E-state index contributed by atoms with van der Waals surface area (Å²) in [5, 5.41) is 12.8. The van der Waals surface area contributed by atoms with Crippen molar-refractivity contribution in [1.82, 2.24) is 25.2 Å². The maximum atomic E-state index is 13.2. The van der Waals surface area contributed by atoms with Crippen LogP contribution in [-0.2, 0) is 0 Å². The number of hydrogen-bond acceptors (Lipinski definition) is 7. The molecule has 0 fully saturated rings. The number of aliphatic hydroxyl groups is 1. The summed E-state index contributed by atoms with van der Waals surface area (Å²) in [5.74, 6) is 0.183. The van der Waals surface area contributed by atoms with Gasteiger partial charge in [0.15, 0.2) is 0 Å². The Morgan fingerprint density at radius 2 is 2.07 bits per heavy atom. The van der Waals surface area contributed by atoms with Gasteiger partial charge in [0.05, 0.1) is 12.6 Å². The number of fused-ring (bicyclic) bond motifs is 1. The van der Waals surface area contributed by atoms with Crippen LogP contribution in [-0.4, -0.2) is 69.8 Å². The molecule has 0 radical (unpaired) electrons. The van der Waals surface area contributed by atoms with E-state index >= 15 is 0 Å². The molecule has 3 rings (SSSR count). The van der Waals surface area contributed by atoms with Crippen LogP contribution in [0.25, 0.3) is 11.1 Å². The van der Waals surface area contributed by atoms with Crippen molar-refractivity contribution in [3.05, 3.63) is 36.5 Å². The number of aliphatic hydroxyl groups excluding tert-OH is 1. The maximum Gasteiger partial charge on any atom is 0.259 e. The van der Waals surface area contributed by atoms with Crippen LogP contribution in [0.3, 0.4) is 0 Å². The van der Waals surface area contributed by atoms with Crippen LogP contribution in [0.1, 0.15) is 24.2 Å². The van der Waals surface area contributed by atoms with Gasteiger partial charge in [0.25, 0.3) is 5.91 Å². The van der Waals surface area contributed by atoms with Crippen molar-refractivity contribution in [1.29, 1.82) is 0 Å². The Labute approximate surface area is 158 Å². The van der Waals surface area contributed by atoms with E-state index in [2.05, 4.69) is 20.3 Å². The molecule has 27 heavy (non-hydrogen) atoms. The zero-order valence-electron chi connectivity index (χ0n) is 15.8. The second-order valence-electron chi connectivity index (χ2n) is 6.88. The molecule has 0 saturated heterocycles. The zero-order valence-corrected chi connectivity index (χ0v) is 15.8. The van der Waals surface area contributed by atoms with Gasteiger partial charge in [0.2, 0.25) is 5.88 Å². The number of amides is 1. The summed E-state index contributed by atoms with van der Waals surface area (Å²) < 4.78 is 6.10. The highest BCUT2D eigenvalue weighted by Gasteiger charge is 2.33. The quantitative estimate of drug-likeness (QED) is 0.808. The monoisotopic (exact) mass is 371 g/mol. The van der Waals surface area contributed by atoms with E-state index in [9.17, 15) is 9.90 Å². The van der Waals surface area contributed by atoms with E-state index in [1.54, 1.807) is 29.6 Å². The third-order valence-electron chi connectivity index (χ3n) is 4.82. The van der Waals surface area contributed by atoms with Gasteiger partial charge in [0.1, 0.15) is 18.0 Å². The van der Waals surface area contributed by atoms with Crippen LogP contribution in [0.4, 0.5) is 0 Å². The highest BCUT2D eigenvalue weighted by Crippen LogP contribution is 2.29. The van der Waals surface area contributed by atoms with Gasteiger partial charge in [0, 0.05) is 48.7 Å². The molecule has 2 aromatic heterocycles. The lowest BCUT2D eigenvalue weighted by atomic mass is 10.00. The van der Waals surface area contributed by atoms with Gasteiger partial charge < -0.3 is 20.1 Å². The molecule has 0 unspecified atom stereocenters. The number of nitrogens with zero attached hydrogens (tertiary/aromatic N) is 4.